The van der Waals surface area contributed by atoms with E-state index in [1.807, 2.05) is 0 Å². The second-order valence-corrected chi connectivity index (χ2v) is 3.62. The maximum Gasteiger partial charge on any atom is 0.139 e. The van der Waals surface area contributed by atoms with E-state index in [4.69, 9.17) is 0 Å². The number of ketones is 1. The van der Waals surface area contributed by atoms with Gasteiger partial charge in [-0.3, -0.25) is 4.79 Å². The molecule has 0 aromatic heterocycles. The lowest BCUT2D eigenvalue weighted by Crippen LogP contribution is -2.43. The standard InChI is InChI=1S/C9H14O/c1-2-6-7-4-3-5-8(7)9(6)10/h6-8H,2-5H2,1H3/t6-,7-,8-/m0/s1. The van der Waals surface area contributed by atoms with Gasteiger partial charge < -0.3 is 0 Å². The molecule has 0 bridgehead atoms. The number of carbonyl (C=O) groups excluding carboxylic acids is 1. The van der Waals surface area contributed by atoms with Crippen LogP contribution in [0.5, 0.6) is 0 Å². The average molecular weight is 138 g/mol. The molecule has 2 aliphatic carbocycles. The van der Waals surface area contributed by atoms with E-state index < -0.39 is 0 Å². The summed E-state index contributed by atoms with van der Waals surface area (Å²) in [4.78, 5) is 11.3. The summed E-state index contributed by atoms with van der Waals surface area (Å²) in [6.45, 7) is 2.14. The Morgan fingerprint density at radius 2 is 2.30 bits per heavy atom. The van der Waals surface area contributed by atoms with Gasteiger partial charge in [-0.15, -0.1) is 0 Å². The minimum Gasteiger partial charge on any atom is -0.299 e. The van der Waals surface area contributed by atoms with Gasteiger partial charge in [0.15, 0.2) is 0 Å². The summed E-state index contributed by atoms with van der Waals surface area (Å²) >= 11 is 0. The maximum atomic E-state index is 11.3. The SMILES string of the molecule is CC[C@@H]1C(=O)[C@H]2CCC[C@@H]12. The molecule has 0 aromatic carbocycles. The lowest BCUT2D eigenvalue weighted by molar-refractivity contribution is -0.140. The summed E-state index contributed by atoms with van der Waals surface area (Å²) < 4.78 is 0. The van der Waals surface area contributed by atoms with E-state index in [9.17, 15) is 4.79 Å². The zero-order valence-corrected chi connectivity index (χ0v) is 6.47. The Bertz CT molecular complexity index is 162. The fourth-order valence-electron chi connectivity index (χ4n) is 2.69. The Labute approximate surface area is 61.8 Å². The Kier molecular flexibility index (Phi) is 1.33. The number of carbonyl (C=O) groups is 1. The van der Waals surface area contributed by atoms with Crippen LogP contribution in [-0.4, -0.2) is 5.78 Å². The first kappa shape index (κ1) is 6.38. The molecule has 0 spiro atoms. The highest BCUT2D eigenvalue weighted by Crippen LogP contribution is 2.49. The van der Waals surface area contributed by atoms with Gasteiger partial charge in [0.05, 0.1) is 0 Å². The van der Waals surface area contributed by atoms with Crippen LogP contribution in [0.15, 0.2) is 0 Å². The van der Waals surface area contributed by atoms with Crippen molar-refractivity contribution in [1.82, 2.24) is 0 Å². The molecule has 0 heterocycles. The van der Waals surface area contributed by atoms with Crippen LogP contribution in [0.4, 0.5) is 0 Å². The van der Waals surface area contributed by atoms with Gasteiger partial charge in [0.25, 0.3) is 0 Å². The molecule has 1 heteroatoms. The Hall–Kier alpha value is -0.330. The first-order valence-corrected chi connectivity index (χ1v) is 4.38. The summed E-state index contributed by atoms with van der Waals surface area (Å²) in [5.74, 6) is 2.35. The minimum atomic E-state index is 0.465. The number of rotatable bonds is 1. The van der Waals surface area contributed by atoms with Gasteiger partial charge >= 0.3 is 0 Å². The van der Waals surface area contributed by atoms with Crippen LogP contribution in [0.3, 0.4) is 0 Å². The maximum absolute atomic E-state index is 11.3. The van der Waals surface area contributed by atoms with Gasteiger partial charge in [-0.2, -0.15) is 0 Å². The summed E-state index contributed by atoms with van der Waals surface area (Å²) in [5, 5.41) is 0. The zero-order chi connectivity index (χ0) is 7.14. The molecule has 0 aliphatic heterocycles. The quantitative estimate of drug-likeness (QED) is 0.541. The van der Waals surface area contributed by atoms with E-state index in [1.165, 1.54) is 19.3 Å². The molecule has 0 aromatic rings. The molecule has 1 nitrogen and oxygen atoms in total. The molecule has 0 amide bonds. The molecule has 56 valence electrons. The number of fused-ring (bicyclic) bond motifs is 1. The number of Topliss-reactive ketones (excluding diaryl/α,β-unsaturated/α-hetero) is 1. The smallest absolute Gasteiger partial charge is 0.139 e. The van der Waals surface area contributed by atoms with Gasteiger partial charge in [0, 0.05) is 11.8 Å². The molecule has 3 atom stereocenters. The first-order valence-electron chi connectivity index (χ1n) is 4.38. The van der Waals surface area contributed by atoms with Crippen molar-refractivity contribution < 1.29 is 4.79 Å². The average Bonchev–Trinajstić information content (AvgIpc) is 2.33. The van der Waals surface area contributed by atoms with Crippen molar-refractivity contribution in [3.05, 3.63) is 0 Å². The van der Waals surface area contributed by atoms with Gasteiger partial charge in [-0.05, 0) is 25.2 Å². The first-order chi connectivity index (χ1) is 4.84. The molecule has 0 unspecified atom stereocenters. The minimum absolute atomic E-state index is 0.465. The van der Waals surface area contributed by atoms with Crippen LogP contribution in [0, 0.1) is 17.8 Å². The monoisotopic (exact) mass is 138 g/mol. The Balaban J connectivity index is 2.08. The molecule has 2 rings (SSSR count). The van der Waals surface area contributed by atoms with Crippen LogP contribution in [0.25, 0.3) is 0 Å². The van der Waals surface area contributed by atoms with Gasteiger partial charge in [0.1, 0.15) is 5.78 Å². The second kappa shape index (κ2) is 2.08. The fraction of sp³-hybridized carbons (Fsp3) is 0.889. The van der Waals surface area contributed by atoms with Gasteiger partial charge in [-0.1, -0.05) is 13.3 Å². The highest BCUT2D eigenvalue weighted by atomic mass is 16.1. The zero-order valence-electron chi connectivity index (χ0n) is 6.47. The molecule has 2 aliphatic rings. The van der Waals surface area contributed by atoms with Crippen molar-refractivity contribution in [2.24, 2.45) is 17.8 Å². The lowest BCUT2D eigenvalue weighted by Gasteiger charge is -2.37. The normalized spacial score (nSPS) is 44.9. The van der Waals surface area contributed by atoms with Crippen LogP contribution in [0.2, 0.25) is 0 Å². The molecule has 0 radical (unpaired) electrons. The molecule has 0 saturated heterocycles. The van der Waals surface area contributed by atoms with E-state index in [2.05, 4.69) is 6.92 Å². The largest absolute Gasteiger partial charge is 0.299 e. The topological polar surface area (TPSA) is 17.1 Å². The van der Waals surface area contributed by atoms with Crippen molar-refractivity contribution in [1.29, 1.82) is 0 Å². The van der Waals surface area contributed by atoms with E-state index in [1.54, 1.807) is 0 Å². The second-order valence-electron chi connectivity index (χ2n) is 3.62. The third kappa shape index (κ3) is 0.609. The van der Waals surface area contributed by atoms with Crippen LogP contribution >= 0.6 is 0 Å². The predicted molar refractivity (Wildman–Crippen MR) is 39.6 cm³/mol. The van der Waals surface area contributed by atoms with Crippen molar-refractivity contribution in [2.45, 2.75) is 32.6 Å². The van der Waals surface area contributed by atoms with Crippen LogP contribution in [-0.2, 0) is 4.79 Å². The van der Waals surface area contributed by atoms with E-state index >= 15 is 0 Å². The van der Waals surface area contributed by atoms with E-state index in [0.29, 0.717) is 17.6 Å². The number of hydrogen-bond acceptors (Lipinski definition) is 1. The Morgan fingerprint density at radius 1 is 1.50 bits per heavy atom. The lowest BCUT2D eigenvalue weighted by atomic mass is 9.64. The summed E-state index contributed by atoms with van der Waals surface area (Å²) in [6, 6.07) is 0. The van der Waals surface area contributed by atoms with Crippen molar-refractivity contribution in [3.63, 3.8) is 0 Å². The number of hydrogen-bond donors (Lipinski definition) is 0. The fourth-order valence-corrected chi connectivity index (χ4v) is 2.69. The molecule has 10 heavy (non-hydrogen) atoms. The van der Waals surface area contributed by atoms with Gasteiger partial charge in [0.2, 0.25) is 0 Å². The van der Waals surface area contributed by atoms with E-state index in [-0.39, 0.29) is 0 Å². The van der Waals surface area contributed by atoms with Crippen LogP contribution < -0.4 is 0 Å². The molecule has 2 fully saturated rings. The third-order valence-corrected chi connectivity index (χ3v) is 3.26. The van der Waals surface area contributed by atoms with Crippen LogP contribution in [0.1, 0.15) is 32.6 Å². The third-order valence-electron chi connectivity index (χ3n) is 3.26. The van der Waals surface area contributed by atoms with Crippen molar-refractivity contribution in [3.8, 4) is 0 Å². The summed E-state index contributed by atoms with van der Waals surface area (Å²) in [5.41, 5.74) is 0. The Morgan fingerprint density at radius 3 is 3.00 bits per heavy atom. The van der Waals surface area contributed by atoms with E-state index in [0.717, 1.165) is 12.3 Å². The highest BCUT2D eigenvalue weighted by molar-refractivity contribution is 5.90. The molecular formula is C9H14O. The molecule has 0 N–H and O–H groups in total. The summed E-state index contributed by atoms with van der Waals surface area (Å²) in [7, 11) is 0. The van der Waals surface area contributed by atoms with Crippen molar-refractivity contribution >= 4 is 5.78 Å². The summed E-state index contributed by atoms with van der Waals surface area (Å²) in [6.07, 6.45) is 4.91. The van der Waals surface area contributed by atoms with Crippen molar-refractivity contribution in [2.75, 3.05) is 0 Å². The molecular weight excluding hydrogens is 124 g/mol. The molecule has 2 saturated carbocycles. The highest BCUT2D eigenvalue weighted by Gasteiger charge is 2.50. The van der Waals surface area contributed by atoms with Gasteiger partial charge in [-0.25, -0.2) is 0 Å². The predicted octanol–water partition coefficient (Wildman–Crippen LogP) is 2.01.